The summed E-state index contributed by atoms with van der Waals surface area (Å²) in [5.74, 6) is 0.988. The summed E-state index contributed by atoms with van der Waals surface area (Å²) in [6, 6.07) is 13.0. The van der Waals surface area contributed by atoms with Crippen molar-refractivity contribution in [3.05, 3.63) is 59.9 Å². The third kappa shape index (κ3) is 26.3. The van der Waals surface area contributed by atoms with E-state index in [1.165, 1.54) is 184 Å². The second-order valence-electron chi connectivity index (χ2n) is 14.3. The Balaban J connectivity index is 0.0000115. The molecular formula is C45H76BrNO. The third-order valence-corrected chi connectivity index (χ3v) is 9.80. The summed E-state index contributed by atoms with van der Waals surface area (Å²) in [5.41, 5.74) is 2.46. The highest BCUT2D eigenvalue weighted by molar-refractivity contribution is 5.69. The number of ether oxygens (including phenoxy) is 1. The second kappa shape index (κ2) is 33.9. The largest absolute Gasteiger partial charge is 1.00 e. The zero-order valence-corrected chi connectivity index (χ0v) is 33.3. The van der Waals surface area contributed by atoms with Gasteiger partial charge in [-0.1, -0.05) is 199 Å². The van der Waals surface area contributed by atoms with E-state index in [2.05, 4.69) is 79.4 Å². The minimum Gasteiger partial charge on any atom is -1.00 e. The van der Waals surface area contributed by atoms with Crippen molar-refractivity contribution >= 4 is 12.2 Å². The number of hydrogen-bond donors (Lipinski definition) is 0. The van der Waals surface area contributed by atoms with Crippen molar-refractivity contribution < 1.29 is 26.3 Å². The first kappa shape index (κ1) is 44.4. The van der Waals surface area contributed by atoms with Crippen molar-refractivity contribution in [3.8, 4) is 5.75 Å². The molecule has 0 aliphatic heterocycles. The Hall–Kier alpha value is -1.61. The maximum atomic E-state index is 6.02. The van der Waals surface area contributed by atoms with Crippen LogP contribution in [0.4, 0.5) is 0 Å². The molecule has 0 aliphatic carbocycles. The number of unbranched alkanes of at least 4 members (excludes halogenated alkanes) is 26. The molecule has 0 atom stereocenters. The summed E-state index contributed by atoms with van der Waals surface area (Å²) in [7, 11) is 0. The molecular weight excluding hydrogens is 650 g/mol. The number of benzene rings is 1. The fourth-order valence-corrected chi connectivity index (χ4v) is 6.57. The van der Waals surface area contributed by atoms with Crippen molar-refractivity contribution in [2.75, 3.05) is 6.61 Å². The first-order chi connectivity index (χ1) is 23.3. The number of aromatic nitrogens is 1. The van der Waals surface area contributed by atoms with Crippen LogP contribution < -0.4 is 26.3 Å². The number of hydrogen-bond acceptors (Lipinski definition) is 1. The molecule has 0 aliphatic rings. The van der Waals surface area contributed by atoms with E-state index in [0.29, 0.717) is 0 Å². The van der Waals surface area contributed by atoms with Crippen molar-refractivity contribution in [1.82, 2.24) is 0 Å². The second-order valence-corrected chi connectivity index (χ2v) is 14.3. The number of pyridine rings is 1. The van der Waals surface area contributed by atoms with Crippen LogP contribution in [0.15, 0.2) is 48.8 Å². The van der Waals surface area contributed by atoms with Crippen molar-refractivity contribution in [3.63, 3.8) is 0 Å². The van der Waals surface area contributed by atoms with Crippen LogP contribution >= 0.6 is 0 Å². The molecule has 274 valence electrons. The molecule has 0 saturated heterocycles. The Bertz CT molecular complexity index is 954. The van der Waals surface area contributed by atoms with Crippen LogP contribution in [0.1, 0.15) is 205 Å². The van der Waals surface area contributed by atoms with Gasteiger partial charge >= 0.3 is 0 Å². The van der Waals surface area contributed by atoms with Gasteiger partial charge in [0.15, 0.2) is 12.4 Å². The number of rotatable bonds is 33. The van der Waals surface area contributed by atoms with Gasteiger partial charge in [0, 0.05) is 18.6 Å². The molecule has 1 aromatic carbocycles. The highest BCUT2D eigenvalue weighted by Crippen LogP contribution is 2.17. The molecule has 0 unspecified atom stereocenters. The average Bonchev–Trinajstić information content (AvgIpc) is 3.10. The molecule has 48 heavy (non-hydrogen) atoms. The molecule has 0 N–H and O–H groups in total. The van der Waals surface area contributed by atoms with Gasteiger partial charge in [0.1, 0.15) is 12.3 Å². The first-order valence-corrected chi connectivity index (χ1v) is 20.7. The molecule has 1 heterocycles. The van der Waals surface area contributed by atoms with Gasteiger partial charge in [-0.05, 0) is 36.1 Å². The fourth-order valence-electron chi connectivity index (χ4n) is 6.57. The molecule has 3 heteroatoms. The van der Waals surface area contributed by atoms with Gasteiger partial charge in [0.25, 0.3) is 0 Å². The van der Waals surface area contributed by atoms with Crippen molar-refractivity contribution in [2.45, 2.75) is 200 Å². The quantitative estimate of drug-likeness (QED) is 0.0527. The van der Waals surface area contributed by atoms with Crippen LogP contribution in [0, 0.1) is 0 Å². The highest BCUT2D eigenvalue weighted by atomic mass is 79.9. The molecule has 0 bridgehead atoms. The van der Waals surface area contributed by atoms with Crippen LogP contribution in [0.5, 0.6) is 5.75 Å². The highest BCUT2D eigenvalue weighted by Gasteiger charge is 2.01. The van der Waals surface area contributed by atoms with Gasteiger partial charge in [-0.15, -0.1) is 0 Å². The molecule has 2 nitrogen and oxygen atoms in total. The van der Waals surface area contributed by atoms with Crippen LogP contribution in [0.2, 0.25) is 0 Å². The van der Waals surface area contributed by atoms with Crippen LogP contribution in [-0.2, 0) is 6.54 Å². The number of nitrogens with zero attached hydrogens (tertiary/aromatic N) is 1. The predicted molar refractivity (Wildman–Crippen MR) is 208 cm³/mol. The van der Waals surface area contributed by atoms with Gasteiger partial charge in [-0.3, -0.25) is 0 Å². The lowest BCUT2D eigenvalue weighted by molar-refractivity contribution is -0.697. The van der Waals surface area contributed by atoms with Crippen LogP contribution in [0.25, 0.3) is 12.2 Å². The van der Waals surface area contributed by atoms with E-state index in [4.69, 9.17) is 4.74 Å². The summed E-state index contributed by atoms with van der Waals surface area (Å²) in [6.07, 6.45) is 48.2. The predicted octanol–water partition coefficient (Wildman–Crippen LogP) is 11.5. The summed E-state index contributed by atoms with van der Waals surface area (Å²) >= 11 is 0. The standard InChI is InChI=1S/C45H76NO.BrH/c1-3-5-7-9-11-13-14-15-16-17-18-19-20-21-22-23-24-26-28-30-42-47-45-35-33-43(34-36-45)31-32-44-37-40-46(41-38-44)39-29-27-25-12-10-8-6-4-2;/h31-38,40-41H,3-30,39,42H2,1-2H3;1H/q+1;/p-1/b32-31+;. The monoisotopic (exact) mass is 726 g/mol. The van der Waals surface area contributed by atoms with E-state index in [9.17, 15) is 0 Å². The number of halogens is 1. The van der Waals surface area contributed by atoms with Gasteiger partial charge in [-0.25, -0.2) is 4.57 Å². The minimum absolute atomic E-state index is 0. The maximum Gasteiger partial charge on any atom is 0.169 e. The Morgan fingerprint density at radius 1 is 0.417 bits per heavy atom. The Labute approximate surface area is 309 Å². The van der Waals surface area contributed by atoms with Gasteiger partial charge in [0.2, 0.25) is 0 Å². The van der Waals surface area contributed by atoms with Crippen LogP contribution in [-0.4, -0.2) is 6.61 Å². The topological polar surface area (TPSA) is 13.1 Å². The van der Waals surface area contributed by atoms with E-state index < -0.39 is 0 Å². The molecule has 0 spiro atoms. The lowest BCUT2D eigenvalue weighted by Gasteiger charge is -2.07. The number of aryl methyl sites for hydroxylation is 1. The Kier molecular flexibility index (Phi) is 31.3. The molecule has 0 radical (unpaired) electrons. The summed E-state index contributed by atoms with van der Waals surface area (Å²) < 4.78 is 8.34. The van der Waals surface area contributed by atoms with E-state index in [1.54, 1.807) is 0 Å². The molecule has 2 aromatic rings. The van der Waals surface area contributed by atoms with Crippen molar-refractivity contribution in [2.24, 2.45) is 0 Å². The van der Waals surface area contributed by atoms with E-state index in [0.717, 1.165) is 25.3 Å². The van der Waals surface area contributed by atoms with Crippen LogP contribution in [0.3, 0.4) is 0 Å². The average molecular weight is 727 g/mol. The Morgan fingerprint density at radius 2 is 0.750 bits per heavy atom. The molecule has 2 rings (SSSR count). The minimum atomic E-state index is 0. The first-order valence-electron chi connectivity index (χ1n) is 20.7. The van der Waals surface area contributed by atoms with E-state index in [-0.39, 0.29) is 17.0 Å². The van der Waals surface area contributed by atoms with E-state index in [1.807, 2.05) is 0 Å². The van der Waals surface area contributed by atoms with Crippen molar-refractivity contribution in [1.29, 1.82) is 0 Å². The van der Waals surface area contributed by atoms with Gasteiger partial charge < -0.3 is 21.7 Å². The summed E-state index contributed by atoms with van der Waals surface area (Å²) in [6.45, 7) is 6.54. The van der Waals surface area contributed by atoms with E-state index >= 15 is 0 Å². The lowest BCUT2D eigenvalue weighted by atomic mass is 10.0. The third-order valence-electron chi connectivity index (χ3n) is 9.80. The molecule has 0 saturated carbocycles. The summed E-state index contributed by atoms with van der Waals surface area (Å²) in [4.78, 5) is 0. The lowest BCUT2D eigenvalue weighted by Crippen LogP contribution is -3.00. The van der Waals surface area contributed by atoms with Gasteiger partial charge in [0.05, 0.1) is 6.61 Å². The smallest absolute Gasteiger partial charge is 0.169 e. The zero-order chi connectivity index (χ0) is 33.3. The maximum absolute atomic E-state index is 6.02. The normalized spacial score (nSPS) is 11.3. The zero-order valence-electron chi connectivity index (χ0n) is 31.7. The molecule has 0 fully saturated rings. The molecule has 1 aromatic heterocycles. The summed E-state index contributed by atoms with van der Waals surface area (Å²) in [5, 5.41) is 0. The Morgan fingerprint density at radius 3 is 1.15 bits per heavy atom. The SMILES string of the molecule is CCCCCCCCCCCCCCCCCCCCCCOc1ccc(/C=C/c2cc[n+](CCCCCCCCCC)cc2)cc1.[Br-]. The molecule has 0 amide bonds. The van der Waals surface area contributed by atoms with Gasteiger partial charge in [-0.2, -0.15) is 0 Å². The fraction of sp³-hybridized carbons (Fsp3) is 0.711.